The molecule has 0 saturated heterocycles. The number of ether oxygens (including phenoxy) is 3. The monoisotopic (exact) mass is 456 g/mol. The lowest BCUT2D eigenvalue weighted by atomic mass is 10.1. The molecule has 4 rings (SSSR count). The molecule has 0 fully saturated rings. The molecule has 166 valence electrons. The van der Waals surface area contributed by atoms with Crippen LogP contribution in [0.25, 0.3) is 22.7 Å². The number of carbonyl (C=O) groups is 1. The first-order valence-corrected chi connectivity index (χ1v) is 10.6. The molecule has 11 heteroatoms. The lowest BCUT2D eigenvalue weighted by Crippen LogP contribution is -2.10. The molecule has 10 nitrogen and oxygen atoms in total. The Kier molecular flexibility index (Phi) is 6.17. The van der Waals surface area contributed by atoms with E-state index in [1.54, 1.807) is 11.4 Å². The number of rotatable bonds is 9. The van der Waals surface area contributed by atoms with Gasteiger partial charge in [-0.05, 0) is 55.1 Å². The average Bonchev–Trinajstić information content (AvgIpc) is 3.41. The summed E-state index contributed by atoms with van der Waals surface area (Å²) in [6, 6.07) is 5.36. The fourth-order valence-corrected chi connectivity index (χ4v) is 3.47. The Morgan fingerprint density at radius 2 is 1.94 bits per heavy atom. The second-order valence-electron chi connectivity index (χ2n) is 6.89. The molecule has 0 unspecified atom stereocenters. The zero-order chi connectivity index (χ0) is 22.7. The first kappa shape index (κ1) is 21.5. The molecule has 3 aromatic heterocycles. The summed E-state index contributed by atoms with van der Waals surface area (Å²) in [7, 11) is 0. The van der Waals surface area contributed by atoms with Crippen molar-refractivity contribution in [3.8, 4) is 35.0 Å². The highest BCUT2D eigenvalue weighted by Crippen LogP contribution is 2.34. The predicted molar refractivity (Wildman–Crippen MR) is 116 cm³/mol. The molecule has 4 aromatic rings. The Bertz CT molecular complexity index is 1230. The fraction of sp³-hybridized carbons (Fsp3) is 0.286. The summed E-state index contributed by atoms with van der Waals surface area (Å²) in [5.41, 5.74) is 2.78. The second kappa shape index (κ2) is 9.18. The average molecular weight is 456 g/mol. The number of aryl methyl sites for hydroxylation is 2. The standard InChI is InChI=1S/C21H20N4O6S/c1-4-6-28-19-16-20(24-21(23-19)30-14-5-7-32-25-14)31-18(22-16)13-8-11(2)17(12(3)9-13)29-10-15(26)27/h5,7-9H,4,6,10H2,1-3H3,(H,26,27). The largest absolute Gasteiger partial charge is 0.481 e. The maximum atomic E-state index is 10.8. The van der Waals surface area contributed by atoms with Crippen molar-refractivity contribution in [1.29, 1.82) is 0 Å². The van der Waals surface area contributed by atoms with Crippen LogP contribution in [0, 0.1) is 13.8 Å². The van der Waals surface area contributed by atoms with Gasteiger partial charge in [0.05, 0.1) is 6.61 Å². The van der Waals surface area contributed by atoms with E-state index in [4.69, 9.17) is 23.7 Å². The molecular weight excluding hydrogens is 436 g/mol. The third kappa shape index (κ3) is 4.62. The van der Waals surface area contributed by atoms with Crippen LogP contribution >= 0.6 is 11.5 Å². The number of hydrogen-bond donors (Lipinski definition) is 1. The van der Waals surface area contributed by atoms with Gasteiger partial charge in [0.2, 0.25) is 11.8 Å². The van der Waals surface area contributed by atoms with Crippen LogP contribution in [0.1, 0.15) is 24.5 Å². The summed E-state index contributed by atoms with van der Waals surface area (Å²) in [6.45, 7) is 5.66. The Morgan fingerprint density at radius 3 is 2.59 bits per heavy atom. The zero-order valence-electron chi connectivity index (χ0n) is 17.6. The summed E-state index contributed by atoms with van der Waals surface area (Å²) < 4.78 is 26.8. The van der Waals surface area contributed by atoms with Crippen LogP contribution in [0.3, 0.4) is 0 Å². The Morgan fingerprint density at radius 1 is 1.16 bits per heavy atom. The zero-order valence-corrected chi connectivity index (χ0v) is 18.4. The number of fused-ring (bicyclic) bond motifs is 1. The predicted octanol–water partition coefficient (Wildman–Crippen LogP) is 4.40. The lowest BCUT2D eigenvalue weighted by molar-refractivity contribution is -0.139. The van der Waals surface area contributed by atoms with Crippen molar-refractivity contribution in [3.63, 3.8) is 0 Å². The maximum Gasteiger partial charge on any atom is 0.341 e. The number of hydrogen-bond acceptors (Lipinski definition) is 10. The van der Waals surface area contributed by atoms with E-state index in [1.165, 1.54) is 11.5 Å². The summed E-state index contributed by atoms with van der Waals surface area (Å²) in [6.07, 6.45) is 0.786. The first-order valence-electron chi connectivity index (χ1n) is 9.80. The second-order valence-corrected chi connectivity index (χ2v) is 7.56. The van der Waals surface area contributed by atoms with Crippen LogP contribution in [0.15, 0.2) is 28.0 Å². The van der Waals surface area contributed by atoms with E-state index >= 15 is 0 Å². The Balaban J connectivity index is 1.72. The van der Waals surface area contributed by atoms with Gasteiger partial charge in [-0.1, -0.05) is 6.92 Å². The first-order chi connectivity index (χ1) is 15.4. The molecule has 0 aliphatic heterocycles. The van der Waals surface area contributed by atoms with E-state index in [2.05, 4.69) is 19.3 Å². The van der Waals surface area contributed by atoms with Gasteiger partial charge in [-0.2, -0.15) is 14.3 Å². The Hall–Kier alpha value is -3.73. The van der Waals surface area contributed by atoms with E-state index in [1.807, 2.05) is 32.9 Å². The smallest absolute Gasteiger partial charge is 0.341 e. The molecule has 0 bridgehead atoms. The minimum Gasteiger partial charge on any atom is -0.481 e. The van der Waals surface area contributed by atoms with E-state index < -0.39 is 12.6 Å². The van der Waals surface area contributed by atoms with Gasteiger partial charge in [0.25, 0.3) is 11.6 Å². The van der Waals surface area contributed by atoms with Gasteiger partial charge in [0.15, 0.2) is 12.1 Å². The highest BCUT2D eigenvalue weighted by atomic mass is 32.1. The van der Waals surface area contributed by atoms with Crippen LogP contribution in [0.2, 0.25) is 0 Å². The van der Waals surface area contributed by atoms with Crippen molar-refractivity contribution < 1.29 is 28.5 Å². The number of oxazole rings is 1. The van der Waals surface area contributed by atoms with Gasteiger partial charge in [0, 0.05) is 17.0 Å². The molecule has 32 heavy (non-hydrogen) atoms. The van der Waals surface area contributed by atoms with E-state index in [-0.39, 0.29) is 17.6 Å². The van der Waals surface area contributed by atoms with Crippen molar-refractivity contribution >= 4 is 28.7 Å². The van der Waals surface area contributed by atoms with E-state index in [0.29, 0.717) is 35.2 Å². The van der Waals surface area contributed by atoms with Gasteiger partial charge in [-0.25, -0.2) is 9.78 Å². The molecule has 0 saturated carbocycles. The number of aromatic nitrogens is 4. The molecule has 0 radical (unpaired) electrons. The molecule has 0 amide bonds. The Labute approximate surface area is 187 Å². The van der Waals surface area contributed by atoms with Crippen molar-refractivity contribution in [2.75, 3.05) is 13.2 Å². The van der Waals surface area contributed by atoms with E-state index in [0.717, 1.165) is 17.5 Å². The van der Waals surface area contributed by atoms with Gasteiger partial charge >= 0.3 is 12.0 Å². The fourth-order valence-electron chi connectivity index (χ4n) is 3.03. The molecule has 0 aliphatic carbocycles. The quantitative estimate of drug-likeness (QED) is 0.387. The summed E-state index contributed by atoms with van der Waals surface area (Å²) in [5.74, 6) is 0.418. The van der Waals surface area contributed by atoms with Crippen LogP contribution in [-0.4, -0.2) is 43.6 Å². The molecule has 0 spiro atoms. The van der Waals surface area contributed by atoms with Gasteiger partial charge in [0.1, 0.15) is 5.75 Å². The van der Waals surface area contributed by atoms with Crippen LogP contribution in [0.5, 0.6) is 23.5 Å². The highest BCUT2D eigenvalue weighted by molar-refractivity contribution is 7.03. The van der Waals surface area contributed by atoms with Crippen molar-refractivity contribution in [2.24, 2.45) is 0 Å². The number of aliphatic carboxylic acids is 1. The molecule has 0 atom stereocenters. The topological polar surface area (TPSA) is 130 Å². The van der Waals surface area contributed by atoms with Gasteiger partial charge < -0.3 is 23.7 Å². The molecule has 1 N–H and O–H groups in total. The van der Waals surface area contributed by atoms with Crippen molar-refractivity contribution in [3.05, 3.63) is 34.7 Å². The van der Waals surface area contributed by atoms with Crippen LogP contribution < -0.4 is 14.2 Å². The summed E-state index contributed by atoms with van der Waals surface area (Å²) >= 11 is 1.25. The summed E-state index contributed by atoms with van der Waals surface area (Å²) in [5, 5.41) is 10.7. The normalized spacial score (nSPS) is 11.0. The third-order valence-electron chi connectivity index (χ3n) is 4.31. The minimum atomic E-state index is -1.04. The molecular formula is C21H20N4O6S. The lowest BCUT2D eigenvalue weighted by Gasteiger charge is -2.11. The van der Waals surface area contributed by atoms with Crippen molar-refractivity contribution in [2.45, 2.75) is 27.2 Å². The SMILES string of the molecule is CCCOc1nc(Oc2ccsn2)nc2oc(-c3cc(C)c(OCC(=O)O)c(C)c3)nc12. The molecule has 3 heterocycles. The maximum absolute atomic E-state index is 10.8. The number of benzene rings is 1. The number of nitrogens with zero attached hydrogens (tertiary/aromatic N) is 4. The van der Waals surface area contributed by atoms with Crippen LogP contribution in [-0.2, 0) is 4.79 Å². The highest BCUT2D eigenvalue weighted by Gasteiger charge is 2.20. The molecule has 1 aromatic carbocycles. The third-order valence-corrected chi connectivity index (χ3v) is 4.85. The summed E-state index contributed by atoms with van der Waals surface area (Å²) in [4.78, 5) is 24.0. The van der Waals surface area contributed by atoms with Gasteiger partial charge in [-0.3, -0.25) is 0 Å². The van der Waals surface area contributed by atoms with Crippen molar-refractivity contribution in [1.82, 2.24) is 19.3 Å². The van der Waals surface area contributed by atoms with Crippen LogP contribution in [0.4, 0.5) is 0 Å². The number of carboxylic acids is 1. The minimum absolute atomic E-state index is 0.0435. The van der Waals surface area contributed by atoms with E-state index in [9.17, 15) is 4.79 Å². The molecule has 0 aliphatic rings. The van der Waals surface area contributed by atoms with Gasteiger partial charge in [-0.15, -0.1) is 0 Å². The number of carboxylic acid groups (broad SMARTS) is 1.